The number of guanidine groups is 1. The predicted octanol–water partition coefficient (Wildman–Crippen LogP) is 3.81. The Morgan fingerprint density at radius 1 is 0.923 bits per heavy atom. The molecule has 0 aliphatic carbocycles. The molecule has 0 bridgehead atoms. The van der Waals surface area contributed by atoms with Gasteiger partial charge in [0.1, 0.15) is 11.8 Å². The molecule has 0 spiro atoms. The van der Waals surface area contributed by atoms with Gasteiger partial charge in [0, 0.05) is 31.7 Å². The van der Waals surface area contributed by atoms with Crippen LogP contribution in [0.4, 0.5) is 0 Å². The predicted molar refractivity (Wildman–Crippen MR) is 149 cm³/mol. The van der Waals surface area contributed by atoms with Gasteiger partial charge in [-0.2, -0.15) is 0 Å². The molecule has 0 saturated carbocycles. The summed E-state index contributed by atoms with van der Waals surface area (Å²) in [4.78, 5) is 35.6. The van der Waals surface area contributed by atoms with E-state index in [1.807, 2.05) is 36.4 Å². The van der Waals surface area contributed by atoms with Crippen LogP contribution in [0.25, 0.3) is 0 Å². The lowest BCUT2D eigenvalue weighted by molar-refractivity contribution is -0.153. The van der Waals surface area contributed by atoms with E-state index in [1.165, 1.54) is 11.1 Å². The van der Waals surface area contributed by atoms with Crippen LogP contribution in [0, 0.1) is 5.92 Å². The molecule has 2 heterocycles. The second-order valence-corrected chi connectivity index (χ2v) is 9.61. The maximum Gasteiger partial charge on any atom is 0.321 e. The Hall–Kier alpha value is -4.17. The quantitative estimate of drug-likeness (QED) is 0.373. The number of nitrogens with one attached hydrogen (secondary N) is 1. The molecule has 0 radical (unpaired) electrons. The Balaban J connectivity index is 1.40. The van der Waals surface area contributed by atoms with Crippen molar-refractivity contribution >= 4 is 17.8 Å². The van der Waals surface area contributed by atoms with Crippen molar-refractivity contribution in [3.05, 3.63) is 102 Å². The lowest BCUT2D eigenvalue weighted by Gasteiger charge is -2.42. The van der Waals surface area contributed by atoms with E-state index in [9.17, 15) is 9.59 Å². The van der Waals surface area contributed by atoms with E-state index >= 15 is 0 Å². The van der Waals surface area contributed by atoms with Gasteiger partial charge in [-0.15, -0.1) is 0 Å². The summed E-state index contributed by atoms with van der Waals surface area (Å²) >= 11 is 0. The number of esters is 1. The molecule has 3 aromatic carbocycles. The number of ether oxygens (including phenoxy) is 2. The molecule has 5 rings (SSSR count). The van der Waals surface area contributed by atoms with Crippen LogP contribution in [0.15, 0.2) is 89.9 Å². The van der Waals surface area contributed by atoms with E-state index in [2.05, 4.69) is 63.6 Å². The van der Waals surface area contributed by atoms with Gasteiger partial charge in [-0.1, -0.05) is 78.9 Å². The highest BCUT2D eigenvalue weighted by atomic mass is 16.5. The second-order valence-electron chi connectivity index (χ2n) is 9.61. The zero-order valence-electron chi connectivity index (χ0n) is 22.3. The summed E-state index contributed by atoms with van der Waals surface area (Å²) < 4.78 is 10.8. The minimum atomic E-state index is -1.09. The fourth-order valence-electron chi connectivity index (χ4n) is 5.44. The molecule has 2 aliphatic heterocycles. The average molecular weight is 527 g/mol. The van der Waals surface area contributed by atoms with Crippen LogP contribution in [0.3, 0.4) is 0 Å². The van der Waals surface area contributed by atoms with E-state index < -0.39 is 23.8 Å². The van der Waals surface area contributed by atoms with E-state index in [-0.39, 0.29) is 12.6 Å². The van der Waals surface area contributed by atoms with Gasteiger partial charge in [0.2, 0.25) is 11.9 Å². The minimum absolute atomic E-state index is 0.131. The molecule has 2 unspecified atom stereocenters. The van der Waals surface area contributed by atoms with E-state index in [1.54, 1.807) is 14.0 Å². The van der Waals surface area contributed by atoms with Crippen molar-refractivity contribution in [2.45, 2.75) is 19.0 Å². The number of amides is 1. The Morgan fingerprint density at radius 2 is 1.51 bits per heavy atom. The number of piperazine rings is 1. The summed E-state index contributed by atoms with van der Waals surface area (Å²) in [7, 11) is 1.57. The zero-order chi connectivity index (χ0) is 27.2. The van der Waals surface area contributed by atoms with Crippen LogP contribution in [0.5, 0.6) is 5.75 Å². The number of aliphatic imine (C=N–C) groups is 1. The third-order valence-corrected chi connectivity index (χ3v) is 7.30. The molecule has 1 N–H and O–H groups in total. The van der Waals surface area contributed by atoms with E-state index in [0.717, 1.165) is 13.1 Å². The zero-order valence-corrected chi connectivity index (χ0v) is 22.3. The molecule has 1 fully saturated rings. The molecular weight excluding hydrogens is 492 g/mol. The van der Waals surface area contributed by atoms with Crippen LogP contribution >= 0.6 is 0 Å². The summed E-state index contributed by atoms with van der Waals surface area (Å²) in [5.41, 5.74) is 3.17. The first-order valence-corrected chi connectivity index (χ1v) is 13.4. The lowest BCUT2D eigenvalue weighted by Crippen LogP contribution is -2.57. The molecule has 3 aromatic rings. The smallest absolute Gasteiger partial charge is 0.321 e. The van der Waals surface area contributed by atoms with Gasteiger partial charge in [-0.3, -0.25) is 19.8 Å². The fraction of sp³-hybridized carbons (Fsp3) is 0.323. The van der Waals surface area contributed by atoms with Gasteiger partial charge >= 0.3 is 5.97 Å². The number of para-hydroxylation sites is 1. The minimum Gasteiger partial charge on any atom is -0.496 e. The van der Waals surface area contributed by atoms with Crippen molar-refractivity contribution in [3.63, 3.8) is 0 Å². The first-order valence-electron chi connectivity index (χ1n) is 13.4. The van der Waals surface area contributed by atoms with Crippen LogP contribution in [0.1, 0.15) is 35.7 Å². The number of hydrogen-bond donors (Lipinski definition) is 1. The summed E-state index contributed by atoms with van der Waals surface area (Å²) in [5.74, 6) is -1.04. The summed E-state index contributed by atoms with van der Waals surface area (Å²) in [5, 5.41) is 2.90. The molecule has 8 heteroatoms. The van der Waals surface area contributed by atoms with Crippen molar-refractivity contribution in [1.29, 1.82) is 0 Å². The highest BCUT2D eigenvalue weighted by Crippen LogP contribution is 2.36. The van der Waals surface area contributed by atoms with E-state index in [0.29, 0.717) is 30.4 Å². The first-order chi connectivity index (χ1) is 19.1. The normalized spacial score (nSPS) is 19.8. The van der Waals surface area contributed by atoms with Crippen LogP contribution in [-0.4, -0.2) is 67.5 Å². The highest BCUT2D eigenvalue weighted by molar-refractivity contribution is 6.08. The number of hydrogen-bond acceptors (Lipinski definition) is 7. The van der Waals surface area contributed by atoms with Gasteiger partial charge in [0.15, 0.2) is 5.92 Å². The average Bonchev–Trinajstić information content (AvgIpc) is 2.98. The first kappa shape index (κ1) is 26.4. The van der Waals surface area contributed by atoms with Crippen LogP contribution < -0.4 is 10.1 Å². The summed E-state index contributed by atoms with van der Waals surface area (Å²) in [6, 6.07) is 27.8. The Labute approximate surface area is 229 Å². The Bertz CT molecular complexity index is 1270. The van der Waals surface area contributed by atoms with E-state index in [4.69, 9.17) is 14.5 Å². The standard InChI is InChI=1S/C31H34N4O4/c1-3-39-30(37)26-27(24-16-10-11-17-25(24)38-2)32-31(33-29(26)36)35-20-18-34(19-21-35)28(22-12-6-4-7-13-22)23-14-8-5-9-15-23/h4-17,26-28H,3,18-21H2,1-2H3,(H,32,33,36). The SMILES string of the molecule is CCOC(=O)C1C(=O)NC(N2CCN(C(c3ccccc3)c3ccccc3)CC2)=NC1c1ccccc1OC. The van der Waals surface area contributed by atoms with Crippen molar-refractivity contribution < 1.29 is 19.1 Å². The highest BCUT2D eigenvalue weighted by Gasteiger charge is 2.43. The van der Waals surface area contributed by atoms with Gasteiger partial charge in [0.25, 0.3) is 0 Å². The summed E-state index contributed by atoms with van der Waals surface area (Å²) in [6.07, 6.45) is 0. The molecule has 1 amide bonds. The molecule has 2 atom stereocenters. The largest absolute Gasteiger partial charge is 0.496 e. The number of nitrogens with zero attached hydrogens (tertiary/aromatic N) is 3. The van der Waals surface area contributed by atoms with Gasteiger partial charge < -0.3 is 14.4 Å². The maximum absolute atomic E-state index is 13.3. The molecule has 0 aromatic heterocycles. The van der Waals surface area contributed by atoms with Gasteiger partial charge in [-0.25, -0.2) is 4.99 Å². The number of rotatable bonds is 7. The Morgan fingerprint density at radius 3 is 2.10 bits per heavy atom. The second kappa shape index (κ2) is 12.1. The molecule has 202 valence electrons. The van der Waals surface area contributed by atoms with Gasteiger partial charge in [0.05, 0.1) is 19.8 Å². The molecule has 39 heavy (non-hydrogen) atoms. The number of carbonyl (C=O) groups excluding carboxylic acids is 2. The van der Waals surface area contributed by atoms with Crippen molar-refractivity contribution in [1.82, 2.24) is 15.1 Å². The van der Waals surface area contributed by atoms with Crippen molar-refractivity contribution in [2.75, 3.05) is 39.9 Å². The topological polar surface area (TPSA) is 83.5 Å². The third-order valence-electron chi connectivity index (χ3n) is 7.30. The third kappa shape index (κ3) is 5.66. The van der Waals surface area contributed by atoms with Gasteiger partial charge in [-0.05, 0) is 24.1 Å². The van der Waals surface area contributed by atoms with Crippen LogP contribution in [0.2, 0.25) is 0 Å². The van der Waals surface area contributed by atoms with Crippen LogP contribution in [-0.2, 0) is 14.3 Å². The molecule has 8 nitrogen and oxygen atoms in total. The number of carbonyl (C=O) groups is 2. The summed E-state index contributed by atoms with van der Waals surface area (Å²) in [6.45, 7) is 4.83. The molecule has 2 aliphatic rings. The number of benzene rings is 3. The number of methoxy groups -OCH3 is 1. The molecule has 1 saturated heterocycles. The molecular formula is C31H34N4O4. The maximum atomic E-state index is 13.3. The van der Waals surface area contributed by atoms with Crippen molar-refractivity contribution in [3.8, 4) is 5.75 Å². The Kier molecular flexibility index (Phi) is 8.22. The monoisotopic (exact) mass is 526 g/mol. The lowest BCUT2D eigenvalue weighted by atomic mass is 9.90. The van der Waals surface area contributed by atoms with Crippen molar-refractivity contribution in [2.24, 2.45) is 10.9 Å². The fourth-order valence-corrected chi connectivity index (χ4v) is 5.44.